The summed E-state index contributed by atoms with van der Waals surface area (Å²) in [5.74, 6) is 0. The van der Waals surface area contributed by atoms with Crippen molar-refractivity contribution in [2.24, 2.45) is 0 Å². The van der Waals surface area contributed by atoms with Crippen LogP contribution in [0.5, 0.6) is 0 Å². The summed E-state index contributed by atoms with van der Waals surface area (Å²) < 4.78 is 1.88. The molecule has 1 aromatic heterocycles. The molecule has 1 aromatic carbocycles. The van der Waals surface area contributed by atoms with Gasteiger partial charge in [0.15, 0.2) is 0 Å². The molecule has 0 bridgehead atoms. The second-order valence-electron chi connectivity index (χ2n) is 5.50. The minimum Gasteiger partial charge on any atom is -0.388 e. The van der Waals surface area contributed by atoms with Gasteiger partial charge in [0.05, 0.1) is 12.3 Å². The standard InChI is InChI=1S/C16H22N2O/c1-11(2)18-10-15(9-17-18)16(19)8-14-7-12(3)5-6-13(14)4/h5-7,9-11,16,19H,8H2,1-4H3. The maximum absolute atomic E-state index is 10.3. The van der Waals surface area contributed by atoms with Crippen LogP contribution >= 0.6 is 0 Å². The Bertz CT molecular complexity index is 558. The van der Waals surface area contributed by atoms with Gasteiger partial charge in [0, 0.05) is 24.2 Å². The number of aliphatic hydroxyl groups is 1. The summed E-state index contributed by atoms with van der Waals surface area (Å²) >= 11 is 0. The Kier molecular flexibility index (Phi) is 4.05. The molecule has 0 aliphatic heterocycles. The van der Waals surface area contributed by atoms with E-state index in [1.54, 1.807) is 6.20 Å². The van der Waals surface area contributed by atoms with Crippen molar-refractivity contribution in [2.45, 2.75) is 46.3 Å². The van der Waals surface area contributed by atoms with Crippen LogP contribution in [0.4, 0.5) is 0 Å². The van der Waals surface area contributed by atoms with Crippen LogP contribution in [-0.4, -0.2) is 14.9 Å². The Morgan fingerprint density at radius 1 is 1.26 bits per heavy atom. The zero-order chi connectivity index (χ0) is 14.0. The predicted octanol–water partition coefficient (Wildman–Crippen LogP) is 3.36. The van der Waals surface area contributed by atoms with Crippen molar-refractivity contribution < 1.29 is 5.11 Å². The highest BCUT2D eigenvalue weighted by molar-refractivity contribution is 5.31. The van der Waals surface area contributed by atoms with Crippen LogP contribution in [0.2, 0.25) is 0 Å². The van der Waals surface area contributed by atoms with Gasteiger partial charge in [-0.25, -0.2) is 0 Å². The number of rotatable bonds is 4. The summed E-state index contributed by atoms with van der Waals surface area (Å²) in [5.41, 5.74) is 4.53. The SMILES string of the molecule is Cc1ccc(C)c(CC(O)c2cnn(C(C)C)c2)c1. The molecular formula is C16H22N2O. The van der Waals surface area contributed by atoms with Gasteiger partial charge in [-0.1, -0.05) is 23.8 Å². The number of hydrogen-bond donors (Lipinski definition) is 1. The molecule has 0 saturated carbocycles. The fourth-order valence-electron chi connectivity index (χ4n) is 2.15. The molecule has 1 atom stereocenters. The summed E-state index contributed by atoms with van der Waals surface area (Å²) in [4.78, 5) is 0. The first-order valence-electron chi connectivity index (χ1n) is 6.75. The predicted molar refractivity (Wildman–Crippen MR) is 77.2 cm³/mol. The van der Waals surface area contributed by atoms with Crippen molar-refractivity contribution in [2.75, 3.05) is 0 Å². The molecule has 102 valence electrons. The van der Waals surface area contributed by atoms with Gasteiger partial charge in [0.1, 0.15) is 0 Å². The summed E-state index contributed by atoms with van der Waals surface area (Å²) in [6, 6.07) is 6.67. The van der Waals surface area contributed by atoms with Crippen LogP contribution in [0.25, 0.3) is 0 Å². The lowest BCUT2D eigenvalue weighted by Crippen LogP contribution is -2.03. The Morgan fingerprint density at radius 2 is 2.00 bits per heavy atom. The van der Waals surface area contributed by atoms with E-state index in [-0.39, 0.29) is 0 Å². The van der Waals surface area contributed by atoms with E-state index >= 15 is 0 Å². The number of aliphatic hydroxyl groups excluding tert-OH is 1. The summed E-state index contributed by atoms with van der Waals surface area (Å²) in [6.45, 7) is 8.31. The molecule has 0 amide bonds. The highest BCUT2D eigenvalue weighted by atomic mass is 16.3. The van der Waals surface area contributed by atoms with Crippen LogP contribution < -0.4 is 0 Å². The quantitative estimate of drug-likeness (QED) is 0.913. The Morgan fingerprint density at radius 3 is 2.63 bits per heavy atom. The number of aromatic nitrogens is 2. The number of hydrogen-bond acceptors (Lipinski definition) is 2. The van der Waals surface area contributed by atoms with Crippen LogP contribution in [0.15, 0.2) is 30.6 Å². The topological polar surface area (TPSA) is 38.1 Å². The van der Waals surface area contributed by atoms with Crippen molar-refractivity contribution in [1.29, 1.82) is 0 Å². The highest BCUT2D eigenvalue weighted by Crippen LogP contribution is 2.21. The summed E-state index contributed by atoms with van der Waals surface area (Å²) in [7, 11) is 0. The van der Waals surface area contributed by atoms with Crippen molar-refractivity contribution in [3.8, 4) is 0 Å². The fourth-order valence-corrected chi connectivity index (χ4v) is 2.15. The normalized spacial score (nSPS) is 12.9. The van der Waals surface area contributed by atoms with Crippen molar-refractivity contribution >= 4 is 0 Å². The maximum Gasteiger partial charge on any atom is 0.0860 e. The molecule has 0 saturated heterocycles. The third kappa shape index (κ3) is 3.24. The fraction of sp³-hybridized carbons (Fsp3) is 0.438. The first-order chi connectivity index (χ1) is 8.97. The van der Waals surface area contributed by atoms with E-state index in [0.29, 0.717) is 12.5 Å². The van der Waals surface area contributed by atoms with E-state index in [9.17, 15) is 5.11 Å². The van der Waals surface area contributed by atoms with Gasteiger partial charge >= 0.3 is 0 Å². The molecule has 3 heteroatoms. The van der Waals surface area contributed by atoms with Crippen molar-refractivity contribution in [3.63, 3.8) is 0 Å². The van der Waals surface area contributed by atoms with Gasteiger partial charge in [-0.15, -0.1) is 0 Å². The molecule has 2 aromatic rings. The van der Waals surface area contributed by atoms with Crippen LogP contribution in [0.3, 0.4) is 0 Å². The van der Waals surface area contributed by atoms with Gasteiger partial charge in [-0.05, 0) is 38.8 Å². The summed E-state index contributed by atoms with van der Waals surface area (Å²) in [6.07, 6.45) is 3.83. The van der Waals surface area contributed by atoms with Crippen LogP contribution in [-0.2, 0) is 6.42 Å². The first kappa shape index (κ1) is 13.8. The number of nitrogens with zero attached hydrogens (tertiary/aromatic N) is 2. The Hall–Kier alpha value is -1.61. The van der Waals surface area contributed by atoms with Gasteiger partial charge in [-0.3, -0.25) is 4.68 Å². The van der Waals surface area contributed by atoms with E-state index < -0.39 is 6.10 Å². The zero-order valence-electron chi connectivity index (χ0n) is 12.1. The summed E-state index contributed by atoms with van der Waals surface area (Å²) in [5, 5.41) is 14.6. The monoisotopic (exact) mass is 258 g/mol. The lowest BCUT2D eigenvalue weighted by molar-refractivity contribution is 0.178. The molecular weight excluding hydrogens is 236 g/mol. The second-order valence-corrected chi connectivity index (χ2v) is 5.50. The Balaban J connectivity index is 2.15. The molecule has 3 nitrogen and oxygen atoms in total. The van der Waals surface area contributed by atoms with Crippen molar-refractivity contribution in [1.82, 2.24) is 9.78 Å². The molecule has 0 aliphatic rings. The van der Waals surface area contributed by atoms with Gasteiger partial charge in [-0.2, -0.15) is 5.10 Å². The van der Waals surface area contributed by atoms with E-state index in [1.807, 2.05) is 10.9 Å². The van der Waals surface area contributed by atoms with E-state index in [0.717, 1.165) is 5.56 Å². The number of aryl methyl sites for hydroxylation is 2. The van der Waals surface area contributed by atoms with Crippen molar-refractivity contribution in [3.05, 3.63) is 52.8 Å². The molecule has 0 spiro atoms. The molecule has 1 heterocycles. The Labute approximate surface area is 114 Å². The minimum atomic E-state index is -0.493. The average molecular weight is 258 g/mol. The zero-order valence-corrected chi connectivity index (χ0v) is 12.1. The van der Waals surface area contributed by atoms with Gasteiger partial charge in [0.2, 0.25) is 0 Å². The molecule has 1 unspecified atom stereocenters. The van der Waals surface area contributed by atoms with Crippen LogP contribution in [0, 0.1) is 13.8 Å². The largest absolute Gasteiger partial charge is 0.388 e. The van der Waals surface area contributed by atoms with E-state index in [4.69, 9.17) is 0 Å². The second kappa shape index (κ2) is 5.57. The van der Waals surface area contributed by atoms with Gasteiger partial charge in [0.25, 0.3) is 0 Å². The third-order valence-electron chi connectivity index (χ3n) is 3.45. The van der Waals surface area contributed by atoms with E-state index in [1.165, 1.54) is 16.7 Å². The maximum atomic E-state index is 10.3. The van der Waals surface area contributed by atoms with E-state index in [2.05, 4.69) is 51.0 Å². The smallest absolute Gasteiger partial charge is 0.0860 e. The van der Waals surface area contributed by atoms with Gasteiger partial charge < -0.3 is 5.11 Å². The molecule has 19 heavy (non-hydrogen) atoms. The molecule has 1 N–H and O–H groups in total. The molecule has 0 aliphatic carbocycles. The molecule has 0 radical (unpaired) electrons. The highest BCUT2D eigenvalue weighted by Gasteiger charge is 2.13. The molecule has 2 rings (SSSR count). The molecule has 0 fully saturated rings. The number of benzene rings is 1. The third-order valence-corrected chi connectivity index (χ3v) is 3.45. The van der Waals surface area contributed by atoms with Crippen LogP contribution in [0.1, 0.15) is 48.2 Å². The minimum absolute atomic E-state index is 0.321. The first-order valence-corrected chi connectivity index (χ1v) is 6.75. The lowest BCUT2D eigenvalue weighted by Gasteiger charge is -2.12. The lowest BCUT2D eigenvalue weighted by atomic mass is 9.98. The average Bonchev–Trinajstić information content (AvgIpc) is 2.83.